The van der Waals surface area contributed by atoms with E-state index >= 15 is 0 Å². The van der Waals surface area contributed by atoms with E-state index in [1.54, 1.807) is 11.9 Å². The van der Waals surface area contributed by atoms with Crippen LogP contribution in [0.25, 0.3) is 0 Å². The number of Topliss-reactive ketones (excluding diaryl/α,β-unsaturated/α-hetero) is 1. The van der Waals surface area contributed by atoms with Crippen LogP contribution in [0.3, 0.4) is 0 Å². The average Bonchev–Trinajstić information content (AvgIpc) is 2.40. The molecule has 3 nitrogen and oxygen atoms in total. The summed E-state index contributed by atoms with van der Waals surface area (Å²) in [7, 11) is 1.79. The Hall–Kier alpha value is -0.860. The minimum atomic E-state index is -0.590. The molecule has 2 rings (SSSR count). The van der Waals surface area contributed by atoms with Crippen LogP contribution in [0.5, 0.6) is 0 Å². The highest BCUT2D eigenvalue weighted by molar-refractivity contribution is 6.07. The van der Waals surface area contributed by atoms with Crippen LogP contribution in [-0.2, 0) is 9.59 Å². The van der Waals surface area contributed by atoms with Crippen LogP contribution in [0.1, 0.15) is 32.1 Å². The first-order valence-corrected chi connectivity index (χ1v) is 4.96. The third-order valence-corrected chi connectivity index (χ3v) is 3.42. The Morgan fingerprint density at radius 3 is 2.54 bits per heavy atom. The van der Waals surface area contributed by atoms with Gasteiger partial charge < -0.3 is 4.90 Å². The number of carbonyl (C=O) groups excluding carboxylic acids is 2. The van der Waals surface area contributed by atoms with Crippen LogP contribution in [-0.4, -0.2) is 30.2 Å². The Labute approximate surface area is 78.1 Å². The van der Waals surface area contributed by atoms with Crippen molar-refractivity contribution in [3.8, 4) is 0 Å². The summed E-state index contributed by atoms with van der Waals surface area (Å²) in [6.07, 6.45) is 4.15. The quantitative estimate of drug-likeness (QED) is 0.522. The second-order valence-electron chi connectivity index (χ2n) is 4.19. The summed E-state index contributed by atoms with van der Waals surface area (Å²) in [4.78, 5) is 25.2. The van der Waals surface area contributed by atoms with Crippen LogP contribution >= 0.6 is 0 Å². The Balaban J connectivity index is 2.28. The van der Waals surface area contributed by atoms with Crippen LogP contribution in [0.15, 0.2) is 0 Å². The van der Waals surface area contributed by atoms with Gasteiger partial charge in [0.1, 0.15) is 11.2 Å². The molecule has 1 unspecified atom stereocenters. The van der Waals surface area contributed by atoms with Gasteiger partial charge in [-0.15, -0.1) is 0 Å². The van der Waals surface area contributed by atoms with E-state index in [4.69, 9.17) is 0 Å². The second-order valence-corrected chi connectivity index (χ2v) is 4.19. The third kappa shape index (κ3) is 1.10. The minimum absolute atomic E-state index is 0.0669. The van der Waals surface area contributed by atoms with Gasteiger partial charge in [-0.3, -0.25) is 9.59 Å². The van der Waals surface area contributed by atoms with Gasteiger partial charge in [-0.2, -0.15) is 0 Å². The van der Waals surface area contributed by atoms with E-state index in [2.05, 4.69) is 0 Å². The highest BCUT2D eigenvalue weighted by atomic mass is 16.2. The van der Waals surface area contributed by atoms with E-state index in [9.17, 15) is 9.59 Å². The van der Waals surface area contributed by atoms with E-state index < -0.39 is 5.41 Å². The van der Waals surface area contributed by atoms with Gasteiger partial charge in [0.15, 0.2) is 0 Å². The highest BCUT2D eigenvalue weighted by Gasteiger charge is 2.51. The number of nitrogens with zero attached hydrogens (tertiary/aromatic N) is 1. The molecule has 0 aromatic heterocycles. The summed E-state index contributed by atoms with van der Waals surface area (Å²) >= 11 is 0. The highest BCUT2D eigenvalue weighted by Crippen LogP contribution is 2.41. The molecule has 13 heavy (non-hydrogen) atoms. The zero-order valence-corrected chi connectivity index (χ0v) is 8.01. The van der Waals surface area contributed by atoms with Crippen molar-refractivity contribution >= 4 is 11.7 Å². The number of hydrogen-bond acceptors (Lipinski definition) is 2. The Kier molecular flexibility index (Phi) is 1.90. The predicted octanol–water partition coefficient (Wildman–Crippen LogP) is 0.978. The van der Waals surface area contributed by atoms with Gasteiger partial charge in [0.2, 0.25) is 5.91 Å². The molecule has 1 atom stereocenters. The first-order valence-electron chi connectivity index (χ1n) is 4.96. The molecule has 0 aromatic carbocycles. The fourth-order valence-corrected chi connectivity index (χ4v) is 2.51. The minimum Gasteiger partial charge on any atom is -0.345 e. The van der Waals surface area contributed by atoms with E-state index in [0.717, 1.165) is 32.2 Å². The summed E-state index contributed by atoms with van der Waals surface area (Å²) in [5, 5.41) is 0. The first-order chi connectivity index (χ1) is 6.17. The molecule has 1 aliphatic carbocycles. The smallest absolute Gasteiger partial charge is 0.236 e. The maximum Gasteiger partial charge on any atom is 0.236 e. The molecule has 1 saturated carbocycles. The number of amides is 1. The summed E-state index contributed by atoms with van der Waals surface area (Å²) in [6, 6.07) is 0. The van der Waals surface area contributed by atoms with Crippen molar-refractivity contribution in [2.24, 2.45) is 5.41 Å². The van der Waals surface area contributed by atoms with Crippen molar-refractivity contribution in [3.05, 3.63) is 0 Å². The second kappa shape index (κ2) is 2.82. The third-order valence-electron chi connectivity index (χ3n) is 3.42. The van der Waals surface area contributed by atoms with E-state index in [0.29, 0.717) is 6.42 Å². The molecular formula is C10H15NO2. The van der Waals surface area contributed by atoms with Crippen LogP contribution in [0.2, 0.25) is 0 Å². The van der Waals surface area contributed by atoms with Crippen molar-refractivity contribution in [2.45, 2.75) is 32.1 Å². The molecule has 1 saturated heterocycles. The van der Waals surface area contributed by atoms with Crippen molar-refractivity contribution in [2.75, 3.05) is 13.6 Å². The SMILES string of the molecule is CN1CCC2(CCCCC2=O)C1=O. The molecule has 2 fully saturated rings. The molecule has 0 radical (unpaired) electrons. The van der Waals surface area contributed by atoms with Gasteiger partial charge in [-0.05, 0) is 19.3 Å². The molecule has 1 heterocycles. The van der Waals surface area contributed by atoms with Gasteiger partial charge in [-0.25, -0.2) is 0 Å². The topological polar surface area (TPSA) is 37.4 Å². The van der Waals surface area contributed by atoms with Crippen molar-refractivity contribution < 1.29 is 9.59 Å². The Morgan fingerprint density at radius 2 is 2.00 bits per heavy atom. The lowest BCUT2D eigenvalue weighted by atomic mass is 9.72. The lowest BCUT2D eigenvalue weighted by Gasteiger charge is -2.29. The molecule has 2 aliphatic rings. The Morgan fingerprint density at radius 1 is 1.23 bits per heavy atom. The molecule has 0 aromatic rings. The first kappa shape index (κ1) is 8.73. The van der Waals surface area contributed by atoms with E-state index in [1.807, 2.05) is 0 Å². The maximum absolute atomic E-state index is 11.8. The zero-order valence-electron chi connectivity index (χ0n) is 8.01. The van der Waals surface area contributed by atoms with Gasteiger partial charge in [0.05, 0.1) is 0 Å². The average molecular weight is 181 g/mol. The fourth-order valence-electron chi connectivity index (χ4n) is 2.51. The van der Waals surface area contributed by atoms with Crippen molar-refractivity contribution in [1.82, 2.24) is 4.90 Å². The monoisotopic (exact) mass is 181 g/mol. The van der Waals surface area contributed by atoms with Crippen molar-refractivity contribution in [1.29, 1.82) is 0 Å². The van der Waals surface area contributed by atoms with Crippen LogP contribution in [0, 0.1) is 5.41 Å². The molecule has 1 amide bonds. The summed E-state index contributed by atoms with van der Waals surface area (Å²) in [5.74, 6) is 0.255. The van der Waals surface area contributed by atoms with E-state index in [1.165, 1.54) is 0 Å². The maximum atomic E-state index is 11.8. The molecule has 3 heteroatoms. The molecule has 1 aliphatic heterocycles. The summed E-state index contributed by atoms with van der Waals surface area (Å²) < 4.78 is 0. The standard InChI is InChI=1S/C10H15NO2/c1-11-7-6-10(9(11)13)5-3-2-4-8(10)12/h2-7H2,1H3. The van der Waals surface area contributed by atoms with E-state index in [-0.39, 0.29) is 11.7 Å². The van der Waals surface area contributed by atoms with Crippen LogP contribution < -0.4 is 0 Å². The molecule has 0 bridgehead atoms. The van der Waals surface area contributed by atoms with Crippen LogP contribution in [0.4, 0.5) is 0 Å². The normalized spacial score (nSPS) is 34.7. The fraction of sp³-hybridized carbons (Fsp3) is 0.800. The lowest BCUT2D eigenvalue weighted by molar-refractivity contribution is -0.145. The van der Waals surface area contributed by atoms with Gasteiger partial charge in [-0.1, -0.05) is 6.42 Å². The number of ketones is 1. The summed E-state index contributed by atoms with van der Waals surface area (Å²) in [5.41, 5.74) is -0.590. The molecule has 1 spiro atoms. The molecule has 0 N–H and O–H groups in total. The molecule has 72 valence electrons. The Bertz CT molecular complexity index is 258. The van der Waals surface area contributed by atoms with Gasteiger partial charge in [0, 0.05) is 20.0 Å². The predicted molar refractivity (Wildman–Crippen MR) is 48.2 cm³/mol. The zero-order chi connectivity index (χ0) is 9.47. The van der Waals surface area contributed by atoms with Crippen molar-refractivity contribution in [3.63, 3.8) is 0 Å². The largest absolute Gasteiger partial charge is 0.345 e. The number of rotatable bonds is 0. The number of carbonyl (C=O) groups is 2. The van der Waals surface area contributed by atoms with Gasteiger partial charge in [0.25, 0.3) is 0 Å². The lowest BCUT2D eigenvalue weighted by Crippen LogP contribution is -2.41. The summed E-state index contributed by atoms with van der Waals surface area (Å²) in [6.45, 7) is 0.755. The van der Waals surface area contributed by atoms with Gasteiger partial charge >= 0.3 is 0 Å². The number of hydrogen-bond donors (Lipinski definition) is 0. The number of likely N-dealkylation sites (tertiary alicyclic amines) is 1. The molecular weight excluding hydrogens is 166 g/mol.